The summed E-state index contributed by atoms with van der Waals surface area (Å²) in [6.45, 7) is 9.06. The average Bonchev–Trinajstić information content (AvgIpc) is 2.63. The minimum Gasteiger partial charge on any atom is -0.309 e. The van der Waals surface area contributed by atoms with Crippen molar-refractivity contribution in [1.29, 1.82) is 0 Å². The van der Waals surface area contributed by atoms with E-state index < -0.39 is 0 Å². The predicted octanol–water partition coefficient (Wildman–Crippen LogP) is 2.42. The second-order valence-corrected chi connectivity index (χ2v) is 5.74. The maximum Gasteiger partial charge on any atom is 0.0798 e. The summed E-state index contributed by atoms with van der Waals surface area (Å²) in [5.41, 5.74) is 3.13. The second kappa shape index (κ2) is 6.47. The molecule has 1 aliphatic rings. The number of hydrogen-bond donors (Lipinski definition) is 1. The van der Waals surface area contributed by atoms with Gasteiger partial charge in [0.05, 0.1) is 11.2 Å². The quantitative estimate of drug-likeness (QED) is 0.893. The van der Waals surface area contributed by atoms with Crippen molar-refractivity contribution in [2.24, 2.45) is 0 Å². The maximum atomic E-state index is 4.29. The molecular weight excluding hydrogens is 230 g/mol. The van der Waals surface area contributed by atoms with Crippen LogP contribution in [-0.4, -0.2) is 35.6 Å². The highest BCUT2D eigenvalue weighted by atomic mass is 32.1. The lowest BCUT2D eigenvalue weighted by Crippen LogP contribution is -2.30. The Labute approximate surface area is 108 Å². The van der Waals surface area contributed by atoms with Gasteiger partial charge in [0, 0.05) is 17.5 Å². The third kappa shape index (κ3) is 3.76. The van der Waals surface area contributed by atoms with Crippen molar-refractivity contribution in [2.75, 3.05) is 19.6 Å². The molecule has 2 heterocycles. The Morgan fingerprint density at radius 2 is 2.35 bits per heavy atom. The van der Waals surface area contributed by atoms with Gasteiger partial charge in [-0.25, -0.2) is 4.98 Å². The summed E-state index contributed by atoms with van der Waals surface area (Å²) in [5.74, 6) is 0. The third-order valence-corrected chi connectivity index (χ3v) is 4.60. The Morgan fingerprint density at radius 3 is 3.06 bits per heavy atom. The monoisotopic (exact) mass is 253 g/mol. The smallest absolute Gasteiger partial charge is 0.0798 e. The molecule has 0 saturated carbocycles. The molecule has 1 fully saturated rings. The van der Waals surface area contributed by atoms with Gasteiger partial charge in [-0.3, -0.25) is 0 Å². The standard InChI is InChI=1S/C13H23N3S/c1-3-16-7-4-5-12(6-8-16)14-9-13-11(2)15-10-17-13/h10,12,14H,3-9H2,1-2H3. The van der Waals surface area contributed by atoms with Crippen LogP contribution in [0.4, 0.5) is 0 Å². The molecule has 0 amide bonds. The van der Waals surface area contributed by atoms with Gasteiger partial charge in [-0.1, -0.05) is 6.92 Å². The number of likely N-dealkylation sites (tertiary alicyclic amines) is 1. The molecule has 1 N–H and O–H groups in total. The Kier molecular flexibility index (Phi) is 4.95. The number of aromatic nitrogens is 1. The molecule has 1 aliphatic heterocycles. The molecule has 0 spiro atoms. The Morgan fingerprint density at radius 1 is 1.47 bits per heavy atom. The molecule has 96 valence electrons. The fourth-order valence-electron chi connectivity index (χ4n) is 2.41. The lowest BCUT2D eigenvalue weighted by molar-refractivity contribution is 0.297. The van der Waals surface area contributed by atoms with Crippen LogP contribution in [-0.2, 0) is 6.54 Å². The Balaban J connectivity index is 1.78. The van der Waals surface area contributed by atoms with E-state index in [0.29, 0.717) is 6.04 Å². The minimum absolute atomic E-state index is 0.688. The second-order valence-electron chi connectivity index (χ2n) is 4.80. The van der Waals surface area contributed by atoms with E-state index in [2.05, 4.69) is 29.0 Å². The fourth-order valence-corrected chi connectivity index (χ4v) is 3.14. The predicted molar refractivity (Wildman–Crippen MR) is 73.4 cm³/mol. The summed E-state index contributed by atoms with van der Waals surface area (Å²) >= 11 is 1.76. The molecule has 1 aromatic rings. The van der Waals surface area contributed by atoms with E-state index in [1.807, 2.05) is 5.51 Å². The van der Waals surface area contributed by atoms with Crippen LogP contribution >= 0.6 is 11.3 Å². The molecule has 0 radical (unpaired) electrons. The zero-order chi connectivity index (χ0) is 12.1. The SMILES string of the molecule is CCN1CCCC(NCc2scnc2C)CC1. The normalized spacial score (nSPS) is 22.6. The molecule has 1 saturated heterocycles. The molecule has 0 aromatic carbocycles. The summed E-state index contributed by atoms with van der Waals surface area (Å²) in [7, 11) is 0. The van der Waals surface area contributed by atoms with Crippen molar-refractivity contribution in [1.82, 2.24) is 15.2 Å². The van der Waals surface area contributed by atoms with E-state index in [4.69, 9.17) is 0 Å². The van der Waals surface area contributed by atoms with Crippen LogP contribution in [0.25, 0.3) is 0 Å². The first kappa shape index (κ1) is 13.0. The van der Waals surface area contributed by atoms with Gasteiger partial charge < -0.3 is 10.2 Å². The highest BCUT2D eigenvalue weighted by Crippen LogP contribution is 2.15. The molecule has 1 aromatic heterocycles. The number of rotatable bonds is 4. The minimum atomic E-state index is 0.688. The van der Waals surface area contributed by atoms with Crippen LogP contribution in [0.2, 0.25) is 0 Å². The van der Waals surface area contributed by atoms with Crippen LogP contribution < -0.4 is 5.32 Å². The van der Waals surface area contributed by atoms with Gasteiger partial charge in [-0.2, -0.15) is 0 Å². The van der Waals surface area contributed by atoms with Gasteiger partial charge in [0.15, 0.2) is 0 Å². The highest BCUT2D eigenvalue weighted by Gasteiger charge is 2.15. The van der Waals surface area contributed by atoms with Crippen molar-refractivity contribution in [2.45, 2.75) is 45.7 Å². The first-order valence-corrected chi connectivity index (χ1v) is 7.52. The molecule has 0 aliphatic carbocycles. The molecule has 0 bridgehead atoms. The van der Waals surface area contributed by atoms with E-state index in [0.717, 1.165) is 6.54 Å². The summed E-state index contributed by atoms with van der Waals surface area (Å²) in [6, 6.07) is 0.688. The van der Waals surface area contributed by atoms with E-state index in [1.54, 1.807) is 11.3 Å². The lowest BCUT2D eigenvalue weighted by Gasteiger charge is -2.18. The van der Waals surface area contributed by atoms with Crippen molar-refractivity contribution < 1.29 is 0 Å². The number of hydrogen-bond acceptors (Lipinski definition) is 4. The van der Waals surface area contributed by atoms with Crippen molar-refractivity contribution in [3.05, 3.63) is 16.1 Å². The zero-order valence-electron chi connectivity index (χ0n) is 10.9. The number of thiazole rings is 1. The van der Waals surface area contributed by atoms with Crippen LogP contribution in [0, 0.1) is 6.92 Å². The van der Waals surface area contributed by atoms with Gasteiger partial charge >= 0.3 is 0 Å². The maximum absolute atomic E-state index is 4.29. The number of nitrogens with one attached hydrogen (secondary N) is 1. The van der Waals surface area contributed by atoms with E-state index in [-0.39, 0.29) is 0 Å². The first-order chi connectivity index (χ1) is 8.29. The molecule has 17 heavy (non-hydrogen) atoms. The topological polar surface area (TPSA) is 28.2 Å². The van der Waals surface area contributed by atoms with Crippen molar-refractivity contribution >= 4 is 11.3 Å². The highest BCUT2D eigenvalue weighted by molar-refractivity contribution is 7.09. The molecule has 3 nitrogen and oxygen atoms in total. The van der Waals surface area contributed by atoms with Crippen LogP contribution in [0.15, 0.2) is 5.51 Å². The van der Waals surface area contributed by atoms with E-state index in [1.165, 1.54) is 49.5 Å². The van der Waals surface area contributed by atoms with Gasteiger partial charge in [0.25, 0.3) is 0 Å². The summed E-state index contributed by atoms with van der Waals surface area (Å²) in [6.07, 6.45) is 3.92. The average molecular weight is 253 g/mol. The Bertz CT molecular complexity index is 337. The van der Waals surface area contributed by atoms with E-state index in [9.17, 15) is 0 Å². The van der Waals surface area contributed by atoms with E-state index >= 15 is 0 Å². The van der Waals surface area contributed by atoms with Gasteiger partial charge in [-0.05, 0) is 45.8 Å². The molecule has 1 atom stereocenters. The summed E-state index contributed by atoms with van der Waals surface area (Å²) in [5, 5.41) is 3.69. The largest absolute Gasteiger partial charge is 0.309 e. The van der Waals surface area contributed by atoms with Crippen LogP contribution in [0.1, 0.15) is 36.8 Å². The lowest BCUT2D eigenvalue weighted by atomic mass is 10.1. The summed E-state index contributed by atoms with van der Waals surface area (Å²) in [4.78, 5) is 8.24. The van der Waals surface area contributed by atoms with Crippen molar-refractivity contribution in [3.63, 3.8) is 0 Å². The first-order valence-electron chi connectivity index (χ1n) is 6.64. The molecule has 1 unspecified atom stereocenters. The van der Waals surface area contributed by atoms with Gasteiger partial charge in [-0.15, -0.1) is 11.3 Å². The third-order valence-electron chi connectivity index (χ3n) is 3.66. The number of nitrogens with zero attached hydrogens (tertiary/aromatic N) is 2. The zero-order valence-corrected chi connectivity index (χ0v) is 11.7. The number of aryl methyl sites for hydroxylation is 1. The molecular formula is C13H23N3S. The molecule has 2 rings (SSSR count). The van der Waals surface area contributed by atoms with Crippen LogP contribution in [0.3, 0.4) is 0 Å². The fraction of sp³-hybridized carbons (Fsp3) is 0.769. The van der Waals surface area contributed by atoms with Crippen molar-refractivity contribution in [3.8, 4) is 0 Å². The Hall–Kier alpha value is -0.450. The summed E-state index contributed by atoms with van der Waals surface area (Å²) < 4.78 is 0. The van der Waals surface area contributed by atoms with Crippen LogP contribution in [0.5, 0.6) is 0 Å². The van der Waals surface area contributed by atoms with Gasteiger partial charge in [0.1, 0.15) is 0 Å². The molecule has 4 heteroatoms. The van der Waals surface area contributed by atoms with Gasteiger partial charge in [0.2, 0.25) is 0 Å².